The molecule has 0 aromatic carbocycles. The molecule has 3 rings (SSSR count). The van der Waals surface area contributed by atoms with Gasteiger partial charge < -0.3 is 15.0 Å². The molecule has 0 radical (unpaired) electrons. The van der Waals surface area contributed by atoms with Crippen molar-refractivity contribution in [3.63, 3.8) is 0 Å². The molecule has 3 atom stereocenters. The largest absolute Gasteiger partial charge is 0.417 e. The van der Waals surface area contributed by atoms with Crippen LogP contribution < -0.4 is 5.32 Å². The summed E-state index contributed by atoms with van der Waals surface area (Å²) >= 11 is 0. The van der Waals surface area contributed by atoms with E-state index in [0.717, 1.165) is 57.6 Å². The highest BCUT2D eigenvalue weighted by Crippen LogP contribution is 2.33. The molecule has 1 fully saturated rings. The lowest BCUT2D eigenvalue weighted by Gasteiger charge is -2.31. The van der Waals surface area contributed by atoms with Crippen LogP contribution >= 0.6 is 0 Å². The van der Waals surface area contributed by atoms with Gasteiger partial charge in [0, 0.05) is 62.6 Å². The van der Waals surface area contributed by atoms with Crippen LogP contribution in [-0.4, -0.2) is 47.6 Å². The maximum atomic E-state index is 13.0. The van der Waals surface area contributed by atoms with Crippen molar-refractivity contribution >= 4 is 5.91 Å². The minimum Gasteiger partial charge on any atom is -0.381 e. The maximum absolute atomic E-state index is 13.0. The van der Waals surface area contributed by atoms with Gasteiger partial charge in [0.1, 0.15) is 0 Å². The zero-order chi connectivity index (χ0) is 21.7. The molecule has 1 N–H and O–H groups in total. The molecule has 1 aromatic rings. The summed E-state index contributed by atoms with van der Waals surface area (Å²) in [5, 5.41) is 3.60. The van der Waals surface area contributed by atoms with Gasteiger partial charge in [-0.3, -0.25) is 9.78 Å². The number of halogens is 3. The van der Waals surface area contributed by atoms with Crippen molar-refractivity contribution in [3.05, 3.63) is 29.1 Å². The fourth-order valence-corrected chi connectivity index (χ4v) is 4.38. The first-order valence-corrected chi connectivity index (χ1v) is 11.0. The number of nitrogens with zero attached hydrogens (tertiary/aromatic N) is 2. The van der Waals surface area contributed by atoms with Gasteiger partial charge in [-0.1, -0.05) is 6.92 Å². The van der Waals surface area contributed by atoms with E-state index in [-0.39, 0.29) is 18.4 Å². The van der Waals surface area contributed by atoms with E-state index < -0.39 is 11.7 Å². The van der Waals surface area contributed by atoms with Crippen LogP contribution in [0.3, 0.4) is 0 Å². The van der Waals surface area contributed by atoms with Crippen molar-refractivity contribution in [1.29, 1.82) is 0 Å². The van der Waals surface area contributed by atoms with Crippen LogP contribution in [0.5, 0.6) is 0 Å². The maximum Gasteiger partial charge on any atom is 0.417 e. The van der Waals surface area contributed by atoms with Gasteiger partial charge in [0.05, 0.1) is 5.56 Å². The number of carbonyl (C=O) groups is 1. The van der Waals surface area contributed by atoms with Crippen molar-refractivity contribution < 1.29 is 22.7 Å². The fourth-order valence-electron chi connectivity index (χ4n) is 4.38. The van der Waals surface area contributed by atoms with Crippen molar-refractivity contribution in [2.24, 2.45) is 5.92 Å². The Morgan fingerprint density at radius 2 is 2.17 bits per heavy atom. The highest BCUT2D eigenvalue weighted by molar-refractivity contribution is 5.79. The molecule has 2 aliphatic rings. The Balaban J connectivity index is 1.51. The third-order valence-electron chi connectivity index (χ3n) is 6.02. The Hall–Kier alpha value is -1.67. The van der Waals surface area contributed by atoms with E-state index in [1.165, 1.54) is 0 Å². The van der Waals surface area contributed by atoms with E-state index in [1.54, 1.807) is 4.90 Å². The van der Waals surface area contributed by atoms with Gasteiger partial charge in [-0.05, 0) is 50.7 Å². The molecule has 2 heterocycles. The van der Waals surface area contributed by atoms with Crippen LogP contribution in [0.15, 0.2) is 12.3 Å². The summed E-state index contributed by atoms with van der Waals surface area (Å²) in [5.41, 5.74) is 0.424. The Bertz CT molecular complexity index is 726. The number of nitrogens with one attached hydrogen (secondary N) is 1. The average molecular weight is 428 g/mol. The molecule has 1 amide bonds. The minimum atomic E-state index is -4.42. The second-order valence-electron chi connectivity index (χ2n) is 8.51. The van der Waals surface area contributed by atoms with Gasteiger partial charge in [0.2, 0.25) is 5.91 Å². The first kappa shape index (κ1) is 23.0. The van der Waals surface area contributed by atoms with Crippen LogP contribution in [0.4, 0.5) is 13.2 Å². The Kier molecular flexibility index (Phi) is 7.74. The van der Waals surface area contributed by atoms with E-state index >= 15 is 0 Å². The number of aromatic nitrogens is 1. The molecule has 3 unspecified atom stereocenters. The van der Waals surface area contributed by atoms with Crippen molar-refractivity contribution in [2.45, 2.75) is 77.2 Å². The van der Waals surface area contributed by atoms with Gasteiger partial charge in [-0.25, -0.2) is 0 Å². The van der Waals surface area contributed by atoms with Crippen LogP contribution in [0.25, 0.3) is 0 Å². The van der Waals surface area contributed by atoms with Crippen molar-refractivity contribution in [2.75, 3.05) is 19.8 Å². The first-order chi connectivity index (χ1) is 14.3. The van der Waals surface area contributed by atoms with Gasteiger partial charge in [0.15, 0.2) is 0 Å². The van der Waals surface area contributed by atoms with Gasteiger partial charge in [0.25, 0.3) is 0 Å². The summed E-state index contributed by atoms with van der Waals surface area (Å²) in [5.74, 6) is -0.00681. The molecule has 1 aliphatic carbocycles. The summed E-state index contributed by atoms with van der Waals surface area (Å²) in [4.78, 5) is 18.7. The number of ether oxygens (including phenoxy) is 1. The third kappa shape index (κ3) is 5.94. The molecule has 30 heavy (non-hydrogen) atoms. The van der Waals surface area contributed by atoms with E-state index in [1.807, 2.05) is 0 Å². The summed E-state index contributed by atoms with van der Waals surface area (Å²) in [6.45, 7) is 6.47. The number of hydrogen-bond acceptors (Lipinski definition) is 4. The summed E-state index contributed by atoms with van der Waals surface area (Å²) in [6, 6.07) is 1.77. The van der Waals surface area contributed by atoms with Gasteiger partial charge >= 0.3 is 6.18 Å². The van der Waals surface area contributed by atoms with Crippen LogP contribution in [0.2, 0.25) is 0 Å². The number of hydrogen-bond donors (Lipinski definition) is 1. The van der Waals surface area contributed by atoms with Crippen molar-refractivity contribution in [1.82, 2.24) is 15.2 Å². The Morgan fingerprint density at radius 3 is 2.90 bits per heavy atom. The number of alkyl halides is 3. The monoisotopic (exact) mass is 427 g/mol. The number of pyridine rings is 1. The predicted molar refractivity (Wildman–Crippen MR) is 108 cm³/mol. The molecular weight excluding hydrogens is 395 g/mol. The molecule has 8 heteroatoms. The number of amides is 1. The Labute approximate surface area is 176 Å². The smallest absolute Gasteiger partial charge is 0.381 e. The molecule has 1 saturated carbocycles. The molecular formula is C22H32F3N3O2. The second-order valence-corrected chi connectivity index (χ2v) is 8.51. The first-order valence-electron chi connectivity index (χ1n) is 11.0. The standard InChI is InChI=1S/C22H32F3N3O2/c1-3-9-30-10-7-15(2)27-19-5-4-16(12-19)21(29)28-8-6-20-17(14-28)11-18(13-26-20)22(23,24)25/h11,13,15-16,19,27H,3-10,12,14H2,1-2H3. The lowest BCUT2D eigenvalue weighted by atomic mass is 10.00. The van der Waals surface area contributed by atoms with E-state index in [9.17, 15) is 18.0 Å². The SMILES string of the molecule is CCCOCCC(C)NC1CCC(C(=O)N2CCc3ncc(C(F)(F)F)cc3C2)C1. The number of fused-ring (bicyclic) bond motifs is 1. The lowest BCUT2D eigenvalue weighted by Crippen LogP contribution is -2.40. The molecule has 168 valence electrons. The molecule has 5 nitrogen and oxygen atoms in total. The van der Waals surface area contributed by atoms with Crippen LogP contribution in [-0.2, 0) is 28.7 Å². The summed E-state index contributed by atoms with van der Waals surface area (Å²) in [6.07, 6.45) is 1.47. The van der Waals surface area contributed by atoms with E-state index in [0.29, 0.717) is 36.3 Å². The molecule has 1 aliphatic heterocycles. The second kappa shape index (κ2) is 10.1. The zero-order valence-electron chi connectivity index (χ0n) is 17.8. The molecule has 0 bridgehead atoms. The lowest BCUT2D eigenvalue weighted by molar-refractivity contribution is -0.137. The highest BCUT2D eigenvalue weighted by atomic mass is 19.4. The molecule has 1 aromatic heterocycles. The fraction of sp³-hybridized carbons (Fsp3) is 0.727. The van der Waals surface area contributed by atoms with Gasteiger partial charge in [-0.2, -0.15) is 13.2 Å². The minimum absolute atomic E-state index is 0.0568. The number of carbonyl (C=O) groups excluding carboxylic acids is 1. The van der Waals surface area contributed by atoms with Crippen molar-refractivity contribution in [3.8, 4) is 0 Å². The highest BCUT2D eigenvalue weighted by Gasteiger charge is 2.36. The Morgan fingerprint density at radius 1 is 1.37 bits per heavy atom. The third-order valence-corrected chi connectivity index (χ3v) is 6.02. The van der Waals surface area contributed by atoms with E-state index in [4.69, 9.17) is 4.74 Å². The van der Waals surface area contributed by atoms with Crippen LogP contribution in [0, 0.1) is 5.92 Å². The molecule has 0 spiro atoms. The zero-order valence-corrected chi connectivity index (χ0v) is 17.8. The summed E-state index contributed by atoms with van der Waals surface area (Å²) in [7, 11) is 0. The number of rotatable bonds is 8. The average Bonchev–Trinajstić information content (AvgIpc) is 3.17. The van der Waals surface area contributed by atoms with E-state index in [2.05, 4.69) is 24.1 Å². The van der Waals surface area contributed by atoms with Gasteiger partial charge in [-0.15, -0.1) is 0 Å². The topological polar surface area (TPSA) is 54.5 Å². The molecule has 0 saturated heterocycles. The summed E-state index contributed by atoms with van der Waals surface area (Å²) < 4.78 is 44.5. The predicted octanol–water partition coefficient (Wildman–Crippen LogP) is 3.95. The van der Waals surface area contributed by atoms with Crippen LogP contribution in [0.1, 0.15) is 62.8 Å². The normalized spacial score (nSPS) is 22.8. The quantitative estimate of drug-likeness (QED) is 0.639.